The molecular weight excluding hydrogens is 500 g/mol. The minimum Gasteiger partial charge on any atom is -0.346 e. The zero-order chi connectivity index (χ0) is 26.9. The summed E-state index contributed by atoms with van der Waals surface area (Å²) < 4.78 is 2.10. The van der Waals surface area contributed by atoms with Gasteiger partial charge in [0, 0.05) is 17.9 Å². The van der Waals surface area contributed by atoms with Gasteiger partial charge in [-0.25, -0.2) is 0 Å². The van der Waals surface area contributed by atoms with E-state index >= 15 is 0 Å². The molecule has 5 nitrogen and oxygen atoms in total. The van der Waals surface area contributed by atoms with E-state index in [0.717, 1.165) is 33.5 Å². The van der Waals surface area contributed by atoms with Crippen molar-refractivity contribution in [2.45, 2.75) is 43.1 Å². The van der Waals surface area contributed by atoms with Crippen LogP contribution in [0.3, 0.4) is 0 Å². The first-order valence-electron chi connectivity index (χ1n) is 13.2. The predicted molar refractivity (Wildman–Crippen MR) is 158 cm³/mol. The fourth-order valence-electron chi connectivity index (χ4n) is 4.48. The van der Waals surface area contributed by atoms with Crippen LogP contribution in [0.1, 0.15) is 40.5 Å². The summed E-state index contributed by atoms with van der Waals surface area (Å²) >= 11 is 1.65. The molecule has 1 amide bonds. The van der Waals surface area contributed by atoms with Gasteiger partial charge in [-0.3, -0.25) is 9.36 Å². The van der Waals surface area contributed by atoms with Crippen LogP contribution < -0.4 is 5.32 Å². The van der Waals surface area contributed by atoms with E-state index in [9.17, 15) is 4.79 Å². The van der Waals surface area contributed by atoms with E-state index in [2.05, 4.69) is 87.7 Å². The number of aryl methyl sites for hydroxylation is 2. The van der Waals surface area contributed by atoms with Gasteiger partial charge in [0.05, 0.1) is 6.04 Å². The zero-order valence-electron chi connectivity index (χ0n) is 22.0. The molecular formula is C33H32N4OS. The van der Waals surface area contributed by atoms with Crippen LogP contribution in [0.2, 0.25) is 0 Å². The average molecular weight is 533 g/mol. The first kappa shape index (κ1) is 26.4. The highest BCUT2D eigenvalue weighted by molar-refractivity contribution is 7.98. The van der Waals surface area contributed by atoms with Crippen LogP contribution in [0.4, 0.5) is 0 Å². The second-order valence-corrected chi connectivity index (χ2v) is 10.5. The largest absolute Gasteiger partial charge is 0.346 e. The number of nitrogens with one attached hydrogen (secondary N) is 1. The Morgan fingerprint density at radius 1 is 0.769 bits per heavy atom. The highest BCUT2D eigenvalue weighted by Crippen LogP contribution is 2.29. The lowest BCUT2D eigenvalue weighted by molar-refractivity contribution is -0.121. The second kappa shape index (κ2) is 13.1. The number of nitrogens with zero attached hydrogens (tertiary/aromatic N) is 3. The summed E-state index contributed by atoms with van der Waals surface area (Å²) in [7, 11) is 0. The van der Waals surface area contributed by atoms with Crippen LogP contribution in [0.5, 0.6) is 0 Å². The van der Waals surface area contributed by atoms with Crippen molar-refractivity contribution in [3.8, 4) is 5.69 Å². The number of carbonyl (C=O) groups is 1. The molecule has 0 saturated heterocycles. The second-order valence-electron chi connectivity index (χ2n) is 9.58. The molecule has 0 aliphatic rings. The van der Waals surface area contributed by atoms with Gasteiger partial charge in [-0.1, -0.05) is 120 Å². The Bertz CT molecular complexity index is 1470. The molecule has 0 bridgehead atoms. The summed E-state index contributed by atoms with van der Waals surface area (Å²) in [6, 6.07) is 38.7. The standard InChI is InChI=1S/C33H32N4OS/c1-25-17-20-29(21-18-25)37-32(35-36-33(37)39-24-28-15-9-4-10-16-28)30(23-27-13-7-3-8-14-27)34-31(38)22-19-26-11-5-2-6-12-26/h2-18,20-21,30H,19,22-24H2,1H3,(H,34,38). The molecule has 39 heavy (non-hydrogen) atoms. The van der Waals surface area contributed by atoms with Crippen molar-refractivity contribution in [1.82, 2.24) is 20.1 Å². The normalized spacial score (nSPS) is 11.7. The molecule has 5 aromatic rings. The molecule has 0 aliphatic heterocycles. The van der Waals surface area contributed by atoms with Gasteiger partial charge in [-0.05, 0) is 48.6 Å². The number of carbonyl (C=O) groups excluding carboxylic acids is 1. The minimum absolute atomic E-state index is 0.00303. The van der Waals surface area contributed by atoms with Crippen molar-refractivity contribution in [2.75, 3.05) is 0 Å². The number of benzene rings is 4. The van der Waals surface area contributed by atoms with E-state index < -0.39 is 0 Å². The first-order chi connectivity index (χ1) is 19.2. The Hall–Kier alpha value is -4.16. The van der Waals surface area contributed by atoms with Crippen LogP contribution in [-0.2, 0) is 23.4 Å². The summed E-state index contributed by atoms with van der Waals surface area (Å²) in [6.07, 6.45) is 1.71. The van der Waals surface area contributed by atoms with Gasteiger partial charge < -0.3 is 5.32 Å². The summed E-state index contributed by atoms with van der Waals surface area (Å²) in [4.78, 5) is 13.2. The zero-order valence-corrected chi connectivity index (χ0v) is 22.9. The van der Waals surface area contributed by atoms with Gasteiger partial charge in [-0.2, -0.15) is 0 Å². The summed E-state index contributed by atoms with van der Waals surface area (Å²) in [5, 5.41) is 13.4. The SMILES string of the molecule is Cc1ccc(-n2c(SCc3ccccc3)nnc2C(Cc2ccccc2)NC(=O)CCc2ccccc2)cc1. The molecule has 0 radical (unpaired) electrons. The van der Waals surface area contributed by atoms with E-state index in [0.29, 0.717) is 19.3 Å². The fraction of sp³-hybridized carbons (Fsp3) is 0.182. The Morgan fingerprint density at radius 3 is 2.00 bits per heavy atom. The topological polar surface area (TPSA) is 59.8 Å². The van der Waals surface area contributed by atoms with Crippen molar-refractivity contribution in [1.29, 1.82) is 0 Å². The van der Waals surface area contributed by atoms with Crippen LogP contribution >= 0.6 is 11.8 Å². The Balaban J connectivity index is 1.45. The molecule has 0 aliphatic carbocycles. The van der Waals surface area contributed by atoms with Crippen molar-refractivity contribution in [2.24, 2.45) is 0 Å². The van der Waals surface area contributed by atoms with Gasteiger partial charge in [-0.15, -0.1) is 10.2 Å². The summed E-state index contributed by atoms with van der Waals surface area (Å²) in [6.45, 7) is 2.08. The fourth-order valence-corrected chi connectivity index (χ4v) is 5.40. The number of aromatic nitrogens is 3. The minimum atomic E-state index is -0.337. The summed E-state index contributed by atoms with van der Waals surface area (Å²) in [5.41, 5.74) is 5.66. The van der Waals surface area contributed by atoms with Crippen molar-refractivity contribution < 1.29 is 4.79 Å². The van der Waals surface area contributed by atoms with E-state index in [1.807, 2.05) is 54.6 Å². The third-order valence-corrected chi connectivity index (χ3v) is 7.57. The van der Waals surface area contributed by atoms with Crippen LogP contribution in [0.15, 0.2) is 120 Å². The Labute approximate surface area is 234 Å². The predicted octanol–water partition coefficient (Wildman–Crippen LogP) is 6.90. The molecule has 6 heteroatoms. The lowest BCUT2D eigenvalue weighted by Crippen LogP contribution is -2.32. The van der Waals surface area contributed by atoms with Crippen LogP contribution in [0.25, 0.3) is 5.69 Å². The molecule has 1 aromatic heterocycles. The lowest BCUT2D eigenvalue weighted by Gasteiger charge is -2.20. The highest BCUT2D eigenvalue weighted by Gasteiger charge is 2.25. The molecule has 4 aromatic carbocycles. The van der Waals surface area contributed by atoms with Crippen LogP contribution in [0, 0.1) is 6.92 Å². The van der Waals surface area contributed by atoms with E-state index in [-0.39, 0.29) is 11.9 Å². The molecule has 0 fully saturated rings. The number of rotatable bonds is 11. The monoisotopic (exact) mass is 532 g/mol. The van der Waals surface area contributed by atoms with E-state index in [4.69, 9.17) is 0 Å². The van der Waals surface area contributed by atoms with Gasteiger partial charge in [0.2, 0.25) is 5.91 Å². The molecule has 0 saturated carbocycles. The molecule has 1 atom stereocenters. The van der Waals surface area contributed by atoms with Crippen LogP contribution in [-0.4, -0.2) is 20.7 Å². The first-order valence-corrected chi connectivity index (χ1v) is 14.2. The number of thioether (sulfide) groups is 1. The number of hydrogen-bond acceptors (Lipinski definition) is 4. The maximum absolute atomic E-state index is 13.2. The Morgan fingerprint density at radius 2 is 1.36 bits per heavy atom. The van der Waals surface area contributed by atoms with Crippen molar-refractivity contribution >= 4 is 17.7 Å². The summed E-state index contributed by atoms with van der Waals surface area (Å²) in [5.74, 6) is 1.50. The molecule has 1 N–H and O–H groups in total. The molecule has 0 spiro atoms. The maximum atomic E-state index is 13.2. The molecule has 1 unspecified atom stereocenters. The van der Waals surface area contributed by atoms with Gasteiger partial charge in [0.1, 0.15) is 0 Å². The van der Waals surface area contributed by atoms with Crippen molar-refractivity contribution in [3.63, 3.8) is 0 Å². The Kier molecular flexibility index (Phi) is 8.86. The number of hydrogen-bond donors (Lipinski definition) is 1. The maximum Gasteiger partial charge on any atom is 0.220 e. The van der Waals surface area contributed by atoms with Gasteiger partial charge in [0.15, 0.2) is 11.0 Å². The average Bonchev–Trinajstić information content (AvgIpc) is 3.40. The third-order valence-electron chi connectivity index (χ3n) is 6.57. The van der Waals surface area contributed by atoms with E-state index in [1.165, 1.54) is 11.1 Å². The third kappa shape index (κ3) is 7.24. The smallest absolute Gasteiger partial charge is 0.220 e. The van der Waals surface area contributed by atoms with Gasteiger partial charge in [0.25, 0.3) is 0 Å². The highest BCUT2D eigenvalue weighted by atomic mass is 32.2. The van der Waals surface area contributed by atoms with E-state index in [1.54, 1.807) is 11.8 Å². The lowest BCUT2D eigenvalue weighted by atomic mass is 10.0. The molecule has 1 heterocycles. The van der Waals surface area contributed by atoms with Gasteiger partial charge >= 0.3 is 0 Å². The number of amides is 1. The molecule has 196 valence electrons. The van der Waals surface area contributed by atoms with Crippen molar-refractivity contribution in [3.05, 3.63) is 143 Å². The molecule has 5 rings (SSSR count). The quantitative estimate of drug-likeness (QED) is 0.188.